The molecule has 0 saturated heterocycles. The molecule has 1 N–H and O–H groups in total. The van der Waals surface area contributed by atoms with Gasteiger partial charge in [0.25, 0.3) is 0 Å². The zero-order chi connectivity index (χ0) is 9.31. The minimum Gasteiger partial charge on any atom is -0.285 e. The molecule has 0 aromatic carbocycles. The van der Waals surface area contributed by atoms with Crippen molar-refractivity contribution in [3.05, 3.63) is 18.0 Å². The Morgan fingerprint density at radius 3 is 2.62 bits per heavy atom. The van der Waals surface area contributed by atoms with Crippen LogP contribution in [0.1, 0.15) is 37.2 Å². The number of hydrogen-bond acceptors (Lipinski definition) is 1. The Labute approximate surface area is 75.3 Å². The second kappa shape index (κ2) is 3.09. The predicted octanol–water partition coefficient (Wildman–Crippen LogP) is 2.70. The summed E-state index contributed by atoms with van der Waals surface area (Å²) >= 11 is 0. The van der Waals surface area contributed by atoms with E-state index in [2.05, 4.69) is 10.2 Å². The van der Waals surface area contributed by atoms with Gasteiger partial charge in [0.05, 0.1) is 6.20 Å². The first kappa shape index (κ1) is 8.66. The molecule has 13 heavy (non-hydrogen) atoms. The number of alkyl halides is 2. The second-order valence-electron chi connectivity index (χ2n) is 3.66. The molecular formula is C9H12F2N2. The van der Waals surface area contributed by atoms with Crippen LogP contribution in [0, 0.1) is 0 Å². The van der Waals surface area contributed by atoms with Gasteiger partial charge in [0.2, 0.25) is 5.92 Å². The Bertz CT molecular complexity index is 259. The molecule has 4 heteroatoms. The molecule has 1 aliphatic rings. The van der Waals surface area contributed by atoms with E-state index in [1.165, 1.54) is 0 Å². The van der Waals surface area contributed by atoms with Gasteiger partial charge in [-0.25, -0.2) is 8.78 Å². The van der Waals surface area contributed by atoms with Crippen LogP contribution in [0.2, 0.25) is 0 Å². The van der Waals surface area contributed by atoms with E-state index >= 15 is 0 Å². The highest BCUT2D eigenvalue weighted by Gasteiger charge is 2.35. The number of hydrogen-bond donors (Lipinski definition) is 1. The quantitative estimate of drug-likeness (QED) is 0.717. The van der Waals surface area contributed by atoms with Gasteiger partial charge >= 0.3 is 0 Å². The van der Waals surface area contributed by atoms with Crippen molar-refractivity contribution in [2.75, 3.05) is 0 Å². The number of halogens is 2. The van der Waals surface area contributed by atoms with Crippen molar-refractivity contribution in [1.29, 1.82) is 0 Å². The lowest BCUT2D eigenvalue weighted by Gasteiger charge is -2.27. The summed E-state index contributed by atoms with van der Waals surface area (Å²) in [5.41, 5.74) is 1.07. The third-order valence-electron chi connectivity index (χ3n) is 2.71. The molecule has 0 spiro atoms. The summed E-state index contributed by atoms with van der Waals surface area (Å²) in [6.45, 7) is 0. The van der Waals surface area contributed by atoms with E-state index in [1.54, 1.807) is 12.4 Å². The predicted molar refractivity (Wildman–Crippen MR) is 44.7 cm³/mol. The highest BCUT2D eigenvalue weighted by atomic mass is 19.3. The summed E-state index contributed by atoms with van der Waals surface area (Å²) in [4.78, 5) is 0. The van der Waals surface area contributed by atoms with E-state index in [0.29, 0.717) is 12.8 Å². The minimum absolute atomic E-state index is 0.0167. The third kappa shape index (κ3) is 1.87. The molecule has 0 bridgehead atoms. The van der Waals surface area contributed by atoms with Gasteiger partial charge in [-0.2, -0.15) is 5.10 Å². The monoisotopic (exact) mass is 186 g/mol. The van der Waals surface area contributed by atoms with Crippen LogP contribution < -0.4 is 0 Å². The summed E-state index contributed by atoms with van der Waals surface area (Å²) in [5.74, 6) is -2.15. The Morgan fingerprint density at radius 1 is 1.38 bits per heavy atom. The first-order valence-corrected chi connectivity index (χ1v) is 4.54. The molecule has 0 aliphatic heterocycles. The normalized spacial score (nSPS) is 23.2. The fourth-order valence-corrected chi connectivity index (χ4v) is 1.86. The van der Waals surface area contributed by atoms with Crippen LogP contribution in [0.15, 0.2) is 12.4 Å². The lowest BCUT2D eigenvalue weighted by molar-refractivity contribution is -0.0382. The minimum atomic E-state index is -2.43. The number of nitrogens with zero attached hydrogens (tertiary/aromatic N) is 1. The van der Waals surface area contributed by atoms with Gasteiger partial charge in [0, 0.05) is 19.0 Å². The highest BCUT2D eigenvalue weighted by molar-refractivity contribution is 5.11. The molecule has 1 heterocycles. The SMILES string of the molecule is FC1(F)CCC(c2cn[nH]c2)CC1. The molecule has 0 amide bonds. The summed E-state index contributed by atoms with van der Waals surface area (Å²) in [6, 6.07) is 0. The van der Waals surface area contributed by atoms with Crippen LogP contribution in [-0.2, 0) is 0 Å². The van der Waals surface area contributed by atoms with Gasteiger partial charge in [0.15, 0.2) is 0 Å². The second-order valence-corrected chi connectivity index (χ2v) is 3.66. The fourth-order valence-electron chi connectivity index (χ4n) is 1.86. The molecule has 2 nitrogen and oxygen atoms in total. The molecule has 1 fully saturated rings. The average molecular weight is 186 g/mol. The van der Waals surface area contributed by atoms with E-state index < -0.39 is 5.92 Å². The third-order valence-corrected chi connectivity index (χ3v) is 2.71. The van der Waals surface area contributed by atoms with Crippen molar-refractivity contribution in [2.45, 2.75) is 37.5 Å². The van der Waals surface area contributed by atoms with Crippen LogP contribution in [0.4, 0.5) is 8.78 Å². The van der Waals surface area contributed by atoms with Gasteiger partial charge in [-0.15, -0.1) is 0 Å². The first-order valence-electron chi connectivity index (χ1n) is 4.54. The van der Waals surface area contributed by atoms with Crippen molar-refractivity contribution in [3.63, 3.8) is 0 Å². The Balaban J connectivity index is 1.99. The molecule has 1 aromatic heterocycles. The van der Waals surface area contributed by atoms with Crippen LogP contribution in [-0.4, -0.2) is 16.1 Å². The van der Waals surface area contributed by atoms with Crippen molar-refractivity contribution in [1.82, 2.24) is 10.2 Å². The van der Waals surface area contributed by atoms with Crippen molar-refractivity contribution in [3.8, 4) is 0 Å². The first-order chi connectivity index (χ1) is 6.17. The van der Waals surface area contributed by atoms with Crippen LogP contribution in [0.5, 0.6) is 0 Å². The van der Waals surface area contributed by atoms with Gasteiger partial charge in [-0.1, -0.05) is 0 Å². The van der Waals surface area contributed by atoms with Crippen molar-refractivity contribution >= 4 is 0 Å². The lowest BCUT2D eigenvalue weighted by atomic mass is 9.83. The van der Waals surface area contributed by atoms with Crippen molar-refractivity contribution < 1.29 is 8.78 Å². The van der Waals surface area contributed by atoms with Gasteiger partial charge < -0.3 is 0 Å². The molecule has 0 unspecified atom stereocenters. The largest absolute Gasteiger partial charge is 0.285 e. The smallest absolute Gasteiger partial charge is 0.248 e. The number of nitrogens with one attached hydrogen (secondary N) is 1. The molecular weight excluding hydrogens is 174 g/mol. The fraction of sp³-hybridized carbons (Fsp3) is 0.667. The van der Waals surface area contributed by atoms with Gasteiger partial charge in [-0.3, -0.25) is 5.10 Å². The maximum atomic E-state index is 12.8. The van der Waals surface area contributed by atoms with E-state index in [4.69, 9.17) is 0 Å². The molecule has 0 radical (unpaired) electrons. The van der Waals surface area contributed by atoms with Crippen LogP contribution >= 0.6 is 0 Å². The zero-order valence-corrected chi connectivity index (χ0v) is 7.26. The Hall–Kier alpha value is -0.930. The summed E-state index contributed by atoms with van der Waals surface area (Å²) < 4.78 is 25.6. The molecule has 72 valence electrons. The van der Waals surface area contributed by atoms with Crippen LogP contribution in [0.25, 0.3) is 0 Å². The summed E-state index contributed by atoms with van der Waals surface area (Å²) in [6.07, 6.45) is 4.72. The molecule has 1 aliphatic carbocycles. The highest BCUT2D eigenvalue weighted by Crippen LogP contribution is 2.40. The van der Waals surface area contributed by atoms with E-state index in [1.807, 2.05) is 0 Å². The molecule has 0 atom stereocenters. The standard InChI is InChI=1S/C9H12F2N2/c10-9(11)3-1-7(2-4-9)8-5-12-13-6-8/h5-7H,1-4H2,(H,12,13). The van der Waals surface area contributed by atoms with E-state index in [9.17, 15) is 8.78 Å². The topological polar surface area (TPSA) is 28.7 Å². The average Bonchev–Trinajstić information content (AvgIpc) is 2.56. The van der Waals surface area contributed by atoms with Crippen LogP contribution in [0.3, 0.4) is 0 Å². The summed E-state index contributed by atoms with van der Waals surface area (Å²) in [7, 11) is 0. The Morgan fingerprint density at radius 2 is 2.08 bits per heavy atom. The summed E-state index contributed by atoms with van der Waals surface area (Å²) in [5, 5.41) is 6.53. The molecule has 2 rings (SSSR count). The number of H-pyrrole nitrogens is 1. The Kier molecular flexibility index (Phi) is 2.06. The lowest BCUT2D eigenvalue weighted by Crippen LogP contribution is -2.23. The zero-order valence-electron chi connectivity index (χ0n) is 7.26. The molecule has 1 saturated carbocycles. The molecule has 1 aromatic rings. The number of rotatable bonds is 1. The maximum Gasteiger partial charge on any atom is 0.248 e. The van der Waals surface area contributed by atoms with E-state index in [-0.39, 0.29) is 18.8 Å². The van der Waals surface area contributed by atoms with Gasteiger partial charge in [0.1, 0.15) is 0 Å². The van der Waals surface area contributed by atoms with E-state index in [0.717, 1.165) is 5.56 Å². The van der Waals surface area contributed by atoms with Gasteiger partial charge in [-0.05, 0) is 24.3 Å². The number of aromatic amines is 1. The maximum absolute atomic E-state index is 12.8. The van der Waals surface area contributed by atoms with Crippen molar-refractivity contribution in [2.24, 2.45) is 0 Å². The number of aromatic nitrogens is 2.